The topological polar surface area (TPSA) is 76.2 Å². The number of aryl methyl sites for hydroxylation is 1. The second-order valence-electron chi connectivity index (χ2n) is 5.89. The normalized spacial score (nSPS) is 11.9. The zero-order valence-corrected chi connectivity index (χ0v) is 14.5. The number of Topliss-reactive ketones (excluding diaryl/α,β-unsaturated/α-hetero) is 3. The minimum Gasteiger partial charge on any atom is -0.482 e. The molecule has 0 fully saturated rings. The van der Waals surface area contributed by atoms with E-state index >= 15 is 0 Å². The number of carbonyl (C=O) groups excluding carboxylic acids is 3. The molecule has 126 valence electrons. The van der Waals surface area contributed by atoms with E-state index in [2.05, 4.69) is 4.98 Å². The van der Waals surface area contributed by atoms with Gasteiger partial charge in [-0.3, -0.25) is 14.4 Å². The summed E-state index contributed by atoms with van der Waals surface area (Å²) in [6, 6.07) is 6.71. The summed E-state index contributed by atoms with van der Waals surface area (Å²) in [5, 5.41) is 0. The average molecular weight is 327 g/mol. The number of carbonyl (C=O) groups is 3. The molecule has 0 saturated carbocycles. The Balaban J connectivity index is 2.25. The van der Waals surface area contributed by atoms with Gasteiger partial charge in [-0.1, -0.05) is 12.1 Å². The van der Waals surface area contributed by atoms with Gasteiger partial charge in [0.05, 0.1) is 5.69 Å². The number of aromatic nitrogens is 1. The highest BCUT2D eigenvalue weighted by Crippen LogP contribution is 2.22. The second kappa shape index (κ2) is 6.83. The first kappa shape index (κ1) is 17.7. The van der Waals surface area contributed by atoms with Crippen molar-refractivity contribution in [3.05, 3.63) is 52.3 Å². The van der Waals surface area contributed by atoms with Gasteiger partial charge in [-0.05, 0) is 52.3 Å². The third-order valence-corrected chi connectivity index (χ3v) is 3.96. The lowest BCUT2D eigenvalue weighted by molar-refractivity contribution is 0.0812. The summed E-state index contributed by atoms with van der Waals surface area (Å²) in [7, 11) is 0. The minimum absolute atomic E-state index is 0.0682. The van der Waals surface area contributed by atoms with Crippen molar-refractivity contribution in [1.29, 1.82) is 0 Å². The summed E-state index contributed by atoms with van der Waals surface area (Å²) in [6.07, 6.45) is -0.747. The fourth-order valence-electron chi connectivity index (χ4n) is 2.77. The van der Waals surface area contributed by atoms with E-state index in [0.717, 1.165) is 0 Å². The summed E-state index contributed by atoms with van der Waals surface area (Å²) >= 11 is 0. The highest BCUT2D eigenvalue weighted by Gasteiger charge is 2.24. The molecule has 5 heteroatoms. The van der Waals surface area contributed by atoms with Crippen LogP contribution < -0.4 is 4.74 Å². The summed E-state index contributed by atoms with van der Waals surface area (Å²) in [5.41, 5.74) is 2.77. The highest BCUT2D eigenvalue weighted by molar-refractivity contribution is 6.04. The lowest BCUT2D eigenvalue weighted by atomic mass is 10.0. The summed E-state index contributed by atoms with van der Waals surface area (Å²) in [6.45, 7) is 8.11. The third kappa shape index (κ3) is 3.45. The number of hydrogen-bond acceptors (Lipinski definition) is 4. The predicted molar refractivity (Wildman–Crippen MR) is 91.1 cm³/mol. The van der Waals surface area contributed by atoms with Gasteiger partial charge in [0.1, 0.15) is 5.75 Å². The lowest BCUT2D eigenvalue weighted by Gasteiger charge is -2.14. The number of rotatable bonds is 6. The van der Waals surface area contributed by atoms with Crippen molar-refractivity contribution in [2.45, 2.75) is 40.7 Å². The molecule has 1 N–H and O–H groups in total. The molecule has 2 rings (SSSR count). The van der Waals surface area contributed by atoms with Crippen molar-refractivity contribution >= 4 is 17.3 Å². The number of hydrogen-bond donors (Lipinski definition) is 1. The molecule has 0 bridgehead atoms. The van der Waals surface area contributed by atoms with E-state index in [1.807, 2.05) is 0 Å². The first-order chi connectivity index (χ1) is 11.2. The van der Waals surface area contributed by atoms with Gasteiger partial charge >= 0.3 is 0 Å². The van der Waals surface area contributed by atoms with Crippen LogP contribution in [0.3, 0.4) is 0 Å². The molecule has 1 atom stereocenters. The molecular formula is C19H21NO4. The Bertz CT molecular complexity index is 817. The van der Waals surface area contributed by atoms with Crippen LogP contribution in [0.2, 0.25) is 0 Å². The van der Waals surface area contributed by atoms with Gasteiger partial charge in [-0.2, -0.15) is 0 Å². The molecule has 2 aromatic rings. The SMILES string of the molecule is CC(=O)c1cccc(O[C@@H](C)C(=O)c2[nH]c(C)c(C(C)=O)c2C)c1. The van der Waals surface area contributed by atoms with E-state index in [1.54, 1.807) is 45.0 Å². The smallest absolute Gasteiger partial charge is 0.219 e. The zero-order valence-electron chi connectivity index (χ0n) is 14.5. The fraction of sp³-hybridized carbons (Fsp3) is 0.316. The maximum absolute atomic E-state index is 12.6. The van der Waals surface area contributed by atoms with E-state index in [0.29, 0.717) is 33.8 Å². The Kier molecular flexibility index (Phi) is 5.02. The van der Waals surface area contributed by atoms with E-state index in [-0.39, 0.29) is 17.3 Å². The standard InChI is InChI=1S/C19H21NO4/c1-10-17(13(4)22)11(2)20-18(10)19(23)14(5)24-16-8-6-7-15(9-16)12(3)21/h6-9,14,20H,1-5H3/t14-/m0/s1. The van der Waals surface area contributed by atoms with E-state index in [9.17, 15) is 14.4 Å². The number of nitrogens with one attached hydrogen (secondary N) is 1. The quantitative estimate of drug-likeness (QED) is 0.821. The van der Waals surface area contributed by atoms with Crippen LogP contribution in [-0.4, -0.2) is 28.4 Å². The molecule has 0 aliphatic heterocycles. The van der Waals surface area contributed by atoms with Gasteiger partial charge in [0.15, 0.2) is 17.7 Å². The van der Waals surface area contributed by atoms with Crippen LogP contribution in [0.5, 0.6) is 5.75 Å². The van der Waals surface area contributed by atoms with Crippen LogP contribution in [0.1, 0.15) is 63.2 Å². The lowest BCUT2D eigenvalue weighted by Crippen LogP contribution is -2.25. The summed E-state index contributed by atoms with van der Waals surface area (Å²) in [5.74, 6) is 0.0667. The summed E-state index contributed by atoms with van der Waals surface area (Å²) < 4.78 is 5.68. The van der Waals surface area contributed by atoms with Crippen molar-refractivity contribution in [3.63, 3.8) is 0 Å². The second-order valence-corrected chi connectivity index (χ2v) is 5.89. The van der Waals surface area contributed by atoms with Crippen LogP contribution in [0.25, 0.3) is 0 Å². The predicted octanol–water partition coefficient (Wildman–Crippen LogP) is 3.69. The van der Waals surface area contributed by atoms with Crippen LogP contribution >= 0.6 is 0 Å². The van der Waals surface area contributed by atoms with E-state index in [1.165, 1.54) is 13.8 Å². The van der Waals surface area contributed by atoms with Crippen LogP contribution in [0.15, 0.2) is 24.3 Å². The van der Waals surface area contributed by atoms with Crippen LogP contribution in [0.4, 0.5) is 0 Å². The number of benzene rings is 1. The molecular weight excluding hydrogens is 306 g/mol. The Morgan fingerprint density at radius 3 is 2.29 bits per heavy atom. The number of ketones is 3. The van der Waals surface area contributed by atoms with Gasteiger partial charge in [0.2, 0.25) is 5.78 Å². The van der Waals surface area contributed by atoms with Gasteiger partial charge < -0.3 is 9.72 Å². The molecule has 0 spiro atoms. The zero-order chi connectivity index (χ0) is 18.0. The summed E-state index contributed by atoms with van der Waals surface area (Å²) in [4.78, 5) is 38.7. The Labute approximate surface area is 141 Å². The van der Waals surface area contributed by atoms with Gasteiger partial charge in [0, 0.05) is 16.8 Å². The van der Waals surface area contributed by atoms with Crippen molar-refractivity contribution in [1.82, 2.24) is 4.98 Å². The molecule has 0 amide bonds. The van der Waals surface area contributed by atoms with Crippen molar-refractivity contribution in [3.8, 4) is 5.75 Å². The van der Waals surface area contributed by atoms with Crippen LogP contribution in [-0.2, 0) is 0 Å². The van der Waals surface area contributed by atoms with E-state index < -0.39 is 6.10 Å². The van der Waals surface area contributed by atoms with Gasteiger partial charge in [0.25, 0.3) is 0 Å². The number of aromatic amines is 1. The van der Waals surface area contributed by atoms with E-state index in [4.69, 9.17) is 4.74 Å². The minimum atomic E-state index is -0.747. The maximum Gasteiger partial charge on any atom is 0.219 e. The molecule has 0 aliphatic rings. The van der Waals surface area contributed by atoms with Crippen molar-refractivity contribution < 1.29 is 19.1 Å². The molecule has 0 unspecified atom stereocenters. The maximum atomic E-state index is 12.6. The number of H-pyrrole nitrogens is 1. The molecule has 1 aromatic carbocycles. The molecule has 0 aliphatic carbocycles. The fourth-order valence-corrected chi connectivity index (χ4v) is 2.77. The number of ether oxygens (including phenoxy) is 1. The molecule has 0 radical (unpaired) electrons. The average Bonchev–Trinajstić information content (AvgIpc) is 2.81. The Morgan fingerprint density at radius 1 is 1.08 bits per heavy atom. The highest BCUT2D eigenvalue weighted by atomic mass is 16.5. The molecule has 1 heterocycles. The first-order valence-corrected chi connectivity index (χ1v) is 7.74. The van der Waals surface area contributed by atoms with Gasteiger partial charge in [-0.15, -0.1) is 0 Å². The molecule has 24 heavy (non-hydrogen) atoms. The molecule has 5 nitrogen and oxygen atoms in total. The van der Waals surface area contributed by atoms with Crippen molar-refractivity contribution in [2.24, 2.45) is 0 Å². The third-order valence-electron chi connectivity index (χ3n) is 3.96. The monoisotopic (exact) mass is 327 g/mol. The van der Waals surface area contributed by atoms with Crippen LogP contribution in [0, 0.1) is 13.8 Å². The van der Waals surface area contributed by atoms with Gasteiger partial charge in [-0.25, -0.2) is 0 Å². The largest absolute Gasteiger partial charge is 0.482 e. The molecule has 0 saturated heterocycles. The first-order valence-electron chi connectivity index (χ1n) is 7.74. The Morgan fingerprint density at radius 2 is 1.75 bits per heavy atom. The van der Waals surface area contributed by atoms with Crippen molar-refractivity contribution in [2.75, 3.05) is 0 Å². The Hall–Kier alpha value is -2.69. The molecule has 1 aromatic heterocycles.